The van der Waals surface area contributed by atoms with Crippen molar-refractivity contribution in [2.75, 3.05) is 26.2 Å². The highest BCUT2D eigenvalue weighted by molar-refractivity contribution is 6.30. The molecule has 2 heterocycles. The molecule has 4 rings (SSSR count). The lowest BCUT2D eigenvalue weighted by Crippen LogP contribution is -2.48. The van der Waals surface area contributed by atoms with E-state index in [0.29, 0.717) is 30.2 Å². The van der Waals surface area contributed by atoms with Gasteiger partial charge in [0, 0.05) is 43.3 Å². The first kappa shape index (κ1) is 22.2. The number of hydrogen-bond acceptors (Lipinski definition) is 6. The van der Waals surface area contributed by atoms with Gasteiger partial charge in [-0.25, -0.2) is 4.68 Å². The average molecular weight is 455 g/mol. The van der Waals surface area contributed by atoms with Gasteiger partial charge in [0.15, 0.2) is 5.82 Å². The average Bonchev–Trinajstić information content (AvgIpc) is 3.29. The molecule has 0 saturated carbocycles. The Kier molecular flexibility index (Phi) is 7.02. The number of carbonyl (C=O) groups excluding carboxylic acids is 1. The number of halogens is 1. The third kappa shape index (κ3) is 5.44. The molecule has 1 fully saturated rings. The van der Waals surface area contributed by atoms with E-state index in [2.05, 4.69) is 20.4 Å². The third-order valence-corrected chi connectivity index (χ3v) is 5.75. The Bertz CT molecular complexity index is 1030. The van der Waals surface area contributed by atoms with E-state index in [-0.39, 0.29) is 18.6 Å². The van der Waals surface area contributed by atoms with Crippen LogP contribution in [0.2, 0.25) is 5.02 Å². The number of nitrogens with zero attached hydrogens (tertiary/aromatic N) is 6. The molecule has 168 valence electrons. The van der Waals surface area contributed by atoms with Gasteiger partial charge in [-0.1, -0.05) is 23.7 Å². The van der Waals surface area contributed by atoms with Crippen LogP contribution in [0, 0.1) is 0 Å². The number of tetrazole rings is 1. The molecule has 0 N–H and O–H groups in total. The molecule has 0 radical (unpaired) electrons. The summed E-state index contributed by atoms with van der Waals surface area (Å²) in [6.45, 7) is 8.28. The largest absolute Gasteiger partial charge is 0.486 e. The zero-order valence-electron chi connectivity index (χ0n) is 18.3. The molecule has 1 saturated heterocycles. The Labute approximate surface area is 192 Å². The van der Waals surface area contributed by atoms with E-state index in [1.54, 1.807) is 4.68 Å². The van der Waals surface area contributed by atoms with Crippen molar-refractivity contribution in [2.45, 2.75) is 33.0 Å². The molecule has 8 nitrogen and oxygen atoms in total. The molecule has 2 aromatic carbocycles. The molecular weight excluding hydrogens is 428 g/mol. The minimum absolute atomic E-state index is 0.0476. The highest BCUT2D eigenvalue weighted by Crippen LogP contribution is 2.18. The lowest BCUT2D eigenvalue weighted by atomic mass is 10.1. The predicted octanol–water partition coefficient (Wildman–Crippen LogP) is 3.44. The monoisotopic (exact) mass is 454 g/mol. The van der Waals surface area contributed by atoms with Crippen molar-refractivity contribution in [1.82, 2.24) is 30.0 Å². The quantitative estimate of drug-likeness (QED) is 0.544. The van der Waals surface area contributed by atoms with Crippen LogP contribution in [0.5, 0.6) is 5.75 Å². The highest BCUT2D eigenvalue weighted by Gasteiger charge is 2.22. The van der Waals surface area contributed by atoms with Gasteiger partial charge in [-0.3, -0.25) is 9.69 Å². The van der Waals surface area contributed by atoms with Crippen molar-refractivity contribution < 1.29 is 9.53 Å². The summed E-state index contributed by atoms with van der Waals surface area (Å²) < 4.78 is 7.52. The maximum absolute atomic E-state index is 12.9. The Hall–Kier alpha value is -2.97. The summed E-state index contributed by atoms with van der Waals surface area (Å²) >= 11 is 5.96. The molecule has 0 aliphatic carbocycles. The third-order valence-electron chi connectivity index (χ3n) is 5.50. The number of rotatable bonds is 7. The van der Waals surface area contributed by atoms with Gasteiger partial charge in [0.05, 0.1) is 6.04 Å². The number of amides is 1. The number of aromatic nitrogens is 4. The minimum atomic E-state index is 0.0476. The van der Waals surface area contributed by atoms with Gasteiger partial charge in [-0.15, -0.1) is 5.10 Å². The van der Waals surface area contributed by atoms with Crippen LogP contribution >= 0.6 is 11.6 Å². The van der Waals surface area contributed by atoms with Gasteiger partial charge in [0.2, 0.25) is 0 Å². The molecule has 1 aliphatic heterocycles. The Balaban J connectivity index is 1.27. The molecule has 1 aromatic heterocycles. The van der Waals surface area contributed by atoms with Crippen LogP contribution in [0.25, 0.3) is 0 Å². The molecule has 1 amide bonds. The second kappa shape index (κ2) is 10.1. The van der Waals surface area contributed by atoms with Crippen molar-refractivity contribution in [2.24, 2.45) is 0 Å². The maximum Gasteiger partial charge on any atom is 0.253 e. The van der Waals surface area contributed by atoms with Gasteiger partial charge >= 0.3 is 0 Å². The summed E-state index contributed by atoms with van der Waals surface area (Å²) in [5.74, 6) is 1.38. The molecule has 0 unspecified atom stereocenters. The van der Waals surface area contributed by atoms with Crippen molar-refractivity contribution in [3.05, 3.63) is 70.5 Å². The molecule has 32 heavy (non-hydrogen) atoms. The number of ether oxygens (including phenoxy) is 1. The van der Waals surface area contributed by atoms with E-state index in [4.69, 9.17) is 16.3 Å². The van der Waals surface area contributed by atoms with E-state index >= 15 is 0 Å². The first-order valence-corrected chi connectivity index (χ1v) is 11.1. The molecule has 1 aliphatic rings. The van der Waals surface area contributed by atoms with Gasteiger partial charge in [-0.2, -0.15) is 0 Å². The van der Waals surface area contributed by atoms with Crippen molar-refractivity contribution in [3.8, 4) is 5.75 Å². The molecule has 0 spiro atoms. The summed E-state index contributed by atoms with van der Waals surface area (Å²) in [5.41, 5.74) is 1.89. The van der Waals surface area contributed by atoms with Crippen molar-refractivity contribution in [1.29, 1.82) is 0 Å². The fraction of sp³-hybridized carbons (Fsp3) is 0.391. The van der Waals surface area contributed by atoms with Crippen LogP contribution in [0.1, 0.15) is 41.6 Å². The number of hydrogen-bond donors (Lipinski definition) is 0. The normalized spacial score (nSPS) is 14.7. The molecule has 9 heteroatoms. The van der Waals surface area contributed by atoms with Crippen LogP contribution < -0.4 is 4.74 Å². The van der Waals surface area contributed by atoms with Crippen LogP contribution in [0.3, 0.4) is 0 Å². The fourth-order valence-corrected chi connectivity index (χ4v) is 3.82. The van der Waals surface area contributed by atoms with Gasteiger partial charge in [0.1, 0.15) is 12.4 Å². The minimum Gasteiger partial charge on any atom is -0.486 e. The summed E-state index contributed by atoms with van der Waals surface area (Å²) in [6.07, 6.45) is 0. The lowest BCUT2D eigenvalue weighted by molar-refractivity contribution is 0.0628. The van der Waals surface area contributed by atoms with E-state index < -0.39 is 0 Å². The summed E-state index contributed by atoms with van der Waals surface area (Å²) in [7, 11) is 0. The van der Waals surface area contributed by atoms with Crippen LogP contribution in [-0.4, -0.2) is 62.1 Å². The van der Waals surface area contributed by atoms with Crippen LogP contribution in [0.15, 0.2) is 48.5 Å². The molecule has 3 aromatic rings. The van der Waals surface area contributed by atoms with Gasteiger partial charge in [-0.05, 0) is 66.2 Å². The Morgan fingerprint density at radius 1 is 1.03 bits per heavy atom. The zero-order valence-corrected chi connectivity index (χ0v) is 19.1. The van der Waals surface area contributed by atoms with Crippen molar-refractivity contribution >= 4 is 17.5 Å². The predicted molar refractivity (Wildman–Crippen MR) is 122 cm³/mol. The van der Waals surface area contributed by atoms with Gasteiger partial charge < -0.3 is 9.64 Å². The van der Waals surface area contributed by atoms with E-state index in [1.165, 1.54) is 5.56 Å². The standard InChI is InChI=1S/C23H27ClN6O2/c1-17(2)30-22(25-26-27-30)16-32-21-9-5-19(6-10-21)23(31)29-13-11-28(12-14-29)15-18-3-7-20(24)8-4-18/h3-10,17H,11-16H2,1-2H3. The van der Waals surface area contributed by atoms with Crippen LogP contribution in [-0.2, 0) is 13.2 Å². The second-order valence-electron chi connectivity index (χ2n) is 8.14. The SMILES string of the molecule is CC(C)n1nnnc1COc1ccc(C(=O)N2CCN(Cc3ccc(Cl)cc3)CC2)cc1. The highest BCUT2D eigenvalue weighted by atomic mass is 35.5. The lowest BCUT2D eigenvalue weighted by Gasteiger charge is -2.34. The first-order chi connectivity index (χ1) is 15.5. The van der Waals surface area contributed by atoms with Gasteiger partial charge in [0.25, 0.3) is 5.91 Å². The van der Waals surface area contributed by atoms with Crippen LogP contribution in [0.4, 0.5) is 0 Å². The van der Waals surface area contributed by atoms with E-state index in [1.807, 2.05) is 67.3 Å². The number of piperazine rings is 1. The second-order valence-corrected chi connectivity index (χ2v) is 8.58. The van der Waals surface area contributed by atoms with Crippen molar-refractivity contribution in [3.63, 3.8) is 0 Å². The summed E-state index contributed by atoms with van der Waals surface area (Å²) in [4.78, 5) is 17.2. The van der Waals surface area contributed by atoms with E-state index in [9.17, 15) is 4.79 Å². The first-order valence-electron chi connectivity index (χ1n) is 10.8. The summed E-state index contributed by atoms with van der Waals surface area (Å²) in [6, 6.07) is 15.3. The molecular formula is C23H27ClN6O2. The topological polar surface area (TPSA) is 76.4 Å². The Morgan fingerprint density at radius 3 is 2.38 bits per heavy atom. The number of carbonyl (C=O) groups is 1. The molecule has 0 bridgehead atoms. The fourth-order valence-electron chi connectivity index (χ4n) is 3.69. The Morgan fingerprint density at radius 2 is 1.72 bits per heavy atom. The van der Waals surface area contributed by atoms with E-state index in [0.717, 1.165) is 24.7 Å². The summed E-state index contributed by atoms with van der Waals surface area (Å²) in [5, 5.41) is 12.4. The zero-order chi connectivity index (χ0) is 22.5. The smallest absolute Gasteiger partial charge is 0.253 e. The molecule has 0 atom stereocenters. The number of benzene rings is 2. The maximum atomic E-state index is 12.9.